The van der Waals surface area contributed by atoms with Gasteiger partial charge in [-0.2, -0.15) is 0 Å². The van der Waals surface area contributed by atoms with E-state index in [1.807, 2.05) is 0 Å². The maximum Gasteiger partial charge on any atom is 0.311 e. The van der Waals surface area contributed by atoms with E-state index in [-0.39, 0.29) is 19.0 Å². The Kier molecular flexibility index (Phi) is 5.49. The Morgan fingerprint density at radius 2 is 1.95 bits per heavy atom. The van der Waals surface area contributed by atoms with Crippen LogP contribution in [0.5, 0.6) is 5.75 Å². The number of rotatable bonds is 7. The van der Waals surface area contributed by atoms with Crippen LogP contribution in [0.25, 0.3) is 0 Å². The third-order valence-electron chi connectivity index (χ3n) is 3.16. The van der Waals surface area contributed by atoms with Crippen molar-refractivity contribution in [3.05, 3.63) is 30.1 Å². The molecule has 0 heterocycles. The predicted molar refractivity (Wildman–Crippen MR) is 70.9 cm³/mol. The fraction of sp³-hybridized carbons (Fsp3) is 0.429. The van der Waals surface area contributed by atoms with Gasteiger partial charge in [-0.3, -0.25) is 9.59 Å². The summed E-state index contributed by atoms with van der Waals surface area (Å²) >= 11 is 0. The lowest BCUT2D eigenvalue weighted by atomic mass is 9.88. The number of hydrogen-bond donors (Lipinski definition) is 2. The SMILES string of the molecule is CCC(C)(CNC(=O)COc1ccc(F)cc1)C(=O)O. The molecular formula is C14H18FNO4. The largest absolute Gasteiger partial charge is 0.484 e. The standard InChI is InChI=1S/C14H18FNO4/c1-3-14(2,13(18)19)9-16-12(17)8-20-11-6-4-10(15)5-7-11/h4-7H,3,8-9H2,1-2H3,(H,16,17)(H,18,19). The van der Waals surface area contributed by atoms with Crippen molar-refractivity contribution in [3.8, 4) is 5.75 Å². The summed E-state index contributed by atoms with van der Waals surface area (Å²) in [6, 6.07) is 5.28. The number of benzene rings is 1. The molecule has 0 saturated heterocycles. The normalized spacial score (nSPS) is 13.3. The fourth-order valence-electron chi connectivity index (χ4n) is 1.38. The van der Waals surface area contributed by atoms with Crippen LogP contribution in [-0.4, -0.2) is 30.1 Å². The average molecular weight is 283 g/mol. The van der Waals surface area contributed by atoms with E-state index < -0.39 is 17.3 Å². The lowest BCUT2D eigenvalue weighted by molar-refractivity contribution is -0.148. The number of halogens is 1. The predicted octanol–water partition coefficient (Wildman–Crippen LogP) is 1.82. The molecule has 1 atom stereocenters. The second kappa shape index (κ2) is 6.88. The molecule has 0 saturated carbocycles. The van der Waals surface area contributed by atoms with Crippen molar-refractivity contribution >= 4 is 11.9 Å². The van der Waals surface area contributed by atoms with Crippen molar-refractivity contribution in [3.63, 3.8) is 0 Å². The molecule has 0 aliphatic heterocycles. The highest BCUT2D eigenvalue weighted by atomic mass is 19.1. The van der Waals surface area contributed by atoms with Crippen molar-refractivity contribution in [2.75, 3.05) is 13.2 Å². The monoisotopic (exact) mass is 283 g/mol. The minimum Gasteiger partial charge on any atom is -0.484 e. The third-order valence-corrected chi connectivity index (χ3v) is 3.16. The Morgan fingerprint density at radius 3 is 2.45 bits per heavy atom. The molecule has 20 heavy (non-hydrogen) atoms. The number of aliphatic carboxylic acids is 1. The third kappa shape index (κ3) is 4.53. The minimum absolute atomic E-state index is 0.0322. The zero-order valence-corrected chi connectivity index (χ0v) is 11.5. The summed E-state index contributed by atoms with van der Waals surface area (Å²) in [6.45, 7) is 3.10. The van der Waals surface area contributed by atoms with E-state index in [0.717, 1.165) is 0 Å². The summed E-state index contributed by atoms with van der Waals surface area (Å²) in [7, 11) is 0. The van der Waals surface area contributed by atoms with Gasteiger partial charge in [-0.1, -0.05) is 6.92 Å². The molecule has 6 heteroatoms. The molecular weight excluding hydrogens is 265 g/mol. The van der Waals surface area contributed by atoms with Gasteiger partial charge in [0.05, 0.1) is 5.41 Å². The van der Waals surface area contributed by atoms with E-state index >= 15 is 0 Å². The molecule has 0 aliphatic rings. The Labute approximate surface area is 116 Å². The zero-order chi connectivity index (χ0) is 15.2. The number of nitrogens with one attached hydrogen (secondary N) is 1. The van der Waals surface area contributed by atoms with Crippen molar-refractivity contribution in [2.24, 2.45) is 5.41 Å². The molecule has 0 aliphatic carbocycles. The van der Waals surface area contributed by atoms with Crippen molar-refractivity contribution in [2.45, 2.75) is 20.3 Å². The first-order chi connectivity index (χ1) is 9.37. The van der Waals surface area contributed by atoms with Gasteiger partial charge in [0, 0.05) is 6.54 Å². The van der Waals surface area contributed by atoms with Crippen LogP contribution in [0.15, 0.2) is 24.3 Å². The Hall–Kier alpha value is -2.11. The second-order valence-electron chi connectivity index (χ2n) is 4.74. The number of carboxylic acids is 1. The van der Waals surface area contributed by atoms with E-state index in [0.29, 0.717) is 12.2 Å². The van der Waals surface area contributed by atoms with Crippen LogP contribution < -0.4 is 10.1 Å². The quantitative estimate of drug-likeness (QED) is 0.800. The number of hydrogen-bond acceptors (Lipinski definition) is 3. The van der Waals surface area contributed by atoms with E-state index in [1.165, 1.54) is 24.3 Å². The lowest BCUT2D eigenvalue weighted by Crippen LogP contribution is -2.42. The summed E-state index contributed by atoms with van der Waals surface area (Å²) in [5, 5.41) is 11.6. The highest BCUT2D eigenvalue weighted by Crippen LogP contribution is 2.19. The van der Waals surface area contributed by atoms with Gasteiger partial charge in [0.15, 0.2) is 6.61 Å². The van der Waals surface area contributed by atoms with E-state index in [9.17, 15) is 14.0 Å². The van der Waals surface area contributed by atoms with Crippen molar-refractivity contribution in [1.82, 2.24) is 5.32 Å². The summed E-state index contributed by atoms with van der Waals surface area (Å²) in [5.41, 5.74) is -0.995. The molecule has 1 aromatic carbocycles. The summed E-state index contributed by atoms with van der Waals surface area (Å²) in [4.78, 5) is 22.6. The number of carbonyl (C=O) groups is 2. The Bertz CT molecular complexity index is 475. The summed E-state index contributed by atoms with van der Waals surface area (Å²) in [6.07, 6.45) is 0.404. The molecule has 1 rings (SSSR count). The minimum atomic E-state index is -0.995. The maximum atomic E-state index is 12.7. The van der Waals surface area contributed by atoms with Crippen LogP contribution in [-0.2, 0) is 9.59 Å². The zero-order valence-electron chi connectivity index (χ0n) is 11.5. The molecule has 2 N–H and O–H groups in total. The number of ether oxygens (including phenoxy) is 1. The number of amides is 1. The highest BCUT2D eigenvalue weighted by molar-refractivity contribution is 5.79. The lowest BCUT2D eigenvalue weighted by Gasteiger charge is -2.23. The van der Waals surface area contributed by atoms with Crippen LogP contribution in [0.3, 0.4) is 0 Å². The maximum absolute atomic E-state index is 12.7. The van der Waals surface area contributed by atoms with Gasteiger partial charge in [0.2, 0.25) is 0 Å². The Morgan fingerprint density at radius 1 is 1.35 bits per heavy atom. The topological polar surface area (TPSA) is 75.6 Å². The van der Waals surface area contributed by atoms with E-state index in [4.69, 9.17) is 9.84 Å². The van der Waals surface area contributed by atoms with Gasteiger partial charge in [-0.15, -0.1) is 0 Å². The van der Waals surface area contributed by atoms with Gasteiger partial charge >= 0.3 is 5.97 Å². The molecule has 1 aromatic rings. The van der Waals surface area contributed by atoms with Gasteiger partial charge in [0.25, 0.3) is 5.91 Å². The van der Waals surface area contributed by atoms with Crippen LogP contribution in [0.2, 0.25) is 0 Å². The highest BCUT2D eigenvalue weighted by Gasteiger charge is 2.31. The summed E-state index contributed by atoms with van der Waals surface area (Å²) in [5.74, 6) is -1.39. The smallest absolute Gasteiger partial charge is 0.311 e. The van der Waals surface area contributed by atoms with Gasteiger partial charge in [0.1, 0.15) is 11.6 Å². The van der Waals surface area contributed by atoms with Gasteiger partial charge in [-0.25, -0.2) is 4.39 Å². The average Bonchev–Trinajstić information content (AvgIpc) is 2.43. The van der Waals surface area contributed by atoms with Gasteiger partial charge in [-0.05, 0) is 37.6 Å². The molecule has 0 radical (unpaired) electrons. The second-order valence-corrected chi connectivity index (χ2v) is 4.74. The fourth-order valence-corrected chi connectivity index (χ4v) is 1.38. The molecule has 110 valence electrons. The van der Waals surface area contributed by atoms with Crippen molar-refractivity contribution in [1.29, 1.82) is 0 Å². The summed E-state index contributed by atoms with van der Waals surface area (Å²) < 4.78 is 17.8. The van der Waals surface area contributed by atoms with Crippen LogP contribution in [0.1, 0.15) is 20.3 Å². The van der Waals surface area contributed by atoms with Crippen molar-refractivity contribution < 1.29 is 23.8 Å². The number of carbonyl (C=O) groups excluding carboxylic acids is 1. The molecule has 5 nitrogen and oxygen atoms in total. The Balaban J connectivity index is 2.41. The first-order valence-corrected chi connectivity index (χ1v) is 6.26. The molecule has 1 unspecified atom stereocenters. The molecule has 0 bridgehead atoms. The van der Waals surface area contributed by atoms with E-state index in [2.05, 4.69) is 5.32 Å². The molecule has 0 fully saturated rings. The molecule has 0 spiro atoms. The van der Waals surface area contributed by atoms with Crippen LogP contribution in [0, 0.1) is 11.2 Å². The van der Waals surface area contributed by atoms with E-state index in [1.54, 1.807) is 13.8 Å². The molecule has 0 aromatic heterocycles. The van der Waals surface area contributed by atoms with Gasteiger partial charge < -0.3 is 15.2 Å². The molecule has 1 amide bonds. The van der Waals surface area contributed by atoms with Crippen LogP contribution in [0.4, 0.5) is 4.39 Å². The first-order valence-electron chi connectivity index (χ1n) is 6.26. The first kappa shape index (κ1) is 15.9. The number of carboxylic acid groups (broad SMARTS) is 1. The van der Waals surface area contributed by atoms with Crippen LogP contribution >= 0.6 is 0 Å².